The Bertz CT molecular complexity index is 1430. The smallest absolute Gasteiger partial charge is 0.239 e. The Hall–Kier alpha value is -3.14. The Balaban J connectivity index is 1.39. The van der Waals surface area contributed by atoms with Crippen LogP contribution >= 0.6 is 0 Å². The van der Waals surface area contributed by atoms with Crippen LogP contribution in [-0.2, 0) is 17.7 Å². The lowest BCUT2D eigenvalue weighted by molar-refractivity contribution is -0.0137. The zero-order valence-electron chi connectivity index (χ0n) is 22.6. The van der Waals surface area contributed by atoms with Crippen molar-refractivity contribution in [3.63, 3.8) is 0 Å². The number of hydrogen-bond acceptors (Lipinski definition) is 8. The second kappa shape index (κ2) is 10.2. The number of benzene rings is 1. The number of ether oxygens (including phenoxy) is 1. The lowest BCUT2D eigenvalue weighted by Crippen LogP contribution is -2.41. The first kappa shape index (κ1) is 25.2. The highest BCUT2D eigenvalue weighted by atomic mass is 16.5. The van der Waals surface area contributed by atoms with Crippen molar-refractivity contribution >= 4 is 27.9 Å². The van der Waals surface area contributed by atoms with Crippen molar-refractivity contribution in [2.75, 3.05) is 44.3 Å². The maximum absolute atomic E-state index is 10.4. The number of aromatic nitrogens is 5. The molecule has 0 amide bonds. The molecule has 0 atom stereocenters. The van der Waals surface area contributed by atoms with Crippen molar-refractivity contribution in [2.24, 2.45) is 5.92 Å². The van der Waals surface area contributed by atoms with Crippen molar-refractivity contribution in [1.82, 2.24) is 29.4 Å². The summed E-state index contributed by atoms with van der Waals surface area (Å²) >= 11 is 0. The number of fused-ring (bicyclic) bond motifs is 2. The Morgan fingerprint density at radius 1 is 0.947 bits per heavy atom. The number of likely N-dealkylation sites (tertiary alicyclic amines) is 1. The van der Waals surface area contributed by atoms with Gasteiger partial charge in [0.15, 0.2) is 5.65 Å². The van der Waals surface area contributed by atoms with E-state index in [1.165, 1.54) is 0 Å². The van der Waals surface area contributed by atoms with Crippen molar-refractivity contribution in [3.05, 3.63) is 47.9 Å². The topological polar surface area (TPSA) is 92.4 Å². The van der Waals surface area contributed by atoms with Gasteiger partial charge in [-0.1, -0.05) is 19.1 Å². The fraction of sp³-hybridized carbons (Fsp3) is 0.517. The minimum Gasteiger partial charge on any atom is -0.390 e. The summed E-state index contributed by atoms with van der Waals surface area (Å²) in [6.07, 6.45) is 2.77. The highest BCUT2D eigenvalue weighted by molar-refractivity contribution is 5.88. The van der Waals surface area contributed by atoms with Gasteiger partial charge in [-0.05, 0) is 70.0 Å². The second-order valence-corrected chi connectivity index (χ2v) is 11.0. The quantitative estimate of drug-likeness (QED) is 0.415. The molecule has 1 N–H and O–H groups in total. The Morgan fingerprint density at radius 2 is 1.71 bits per heavy atom. The highest BCUT2D eigenvalue weighted by Gasteiger charge is 2.30. The van der Waals surface area contributed by atoms with Gasteiger partial charge < -0.3 is 14.7 Å². The maximum atomic E-state index is 10.4. The van der Waals surface area contributed by atoms with Gasteiger partial charge in [0, 0.05) is 26.1 Å². The fourth-order valence-electron chi connectivity index (χ4n) is 5.79. The molecule has 0 spiro atoms. The van der Waals surface area contributed by atoms with Crippen LogP contribution < -0.4 is 4.90 Å². The molecule has 4 aromatic rings. The molecule has 0 saturated carbocycles. The third-order valence-corrected chi connectivity index (χ3v) is 8.01. The summed E-state index contributed by atoms with van der Waals surface area (Å²) in [6.45, 7) is 11.6. The molecule has 0 bridgehead atoms. The molecular weight excluding hydrogens is 478 g/mol. The van der Waals surface area contributed by atoms with E-state index >= 15 is 0 Å². The van der Waals surface area contributed by atoms with Gasteiger partial charge in [-0.3, -0.25) is 9.47 Å². The lowest BCUT2D eigenvalue weighted by Gasteiger charge is -2.37. The monoisotopic (exact) mass is 515 g/mol. The first-order valence-corrected chi connectivity index (χ1v) is 13.8. The molecule has 5 heterocycles. The molecule has 1 aromatic carbocycles. The standard InChI is InChI=1S/C29H37N7O2/c1-4-25-31-23-7-5-6-8-24(23)36(25)28-32-26-22(27(33-28)35-15-17-38-18-16-35)10-9-21(30-26)19-34-13-11-20(12-14-34)29(2,3)37/h5-10,20,37H,4,11-19H2,1-3H3. The minimum atomic E-state index is -0.620. The largest absolute Gasteiger partial charge is 0.390 e. The predicted molar refractivity (Wildman–Crippen MR) is 149 cm³/mol. The normalized spacial score (nSPS) is 18.1. The summed E-state index contributed by atoms with van der Waals surface area (Å²) in [5, 5.41) is 11.4. The molecule has 0 radical (unpaired) electrons. The Labute approximate surface area is 223 Å². The Morgan fingerprint density at radius 3 is 2.45 bits per heavy atom. The average molecular weight is 516 g/mol. The molecule has 38 heavy (non-hydrogen) atoms. The minimum absolute atomic E-state index is 0.340. The number of hydrogen-bond donors (Lipinski definition) is 1. The van der Waals surface area contributed by atoms with Crippen LogP contribution in [-0.4, -0.2) is 79.5 Å². The summed E-state index contributed by atoms with van der Waals surface area (Å²) in [4.78, 5) is 24.8. The van der Waals surface area contributed by atoms with E-state index in [9.17, 15) is 5.11 Å². The molecule has 200 valence electrons. The zero-order chi connectivity index (χ0) is 26.3. The van der Waals surface area contributed by atoms with Crippen molar-refractivity contribution in [3.8, 4) is 5.95 Å². The van der Waals surface area contributed by atoms with Crippen LogP contribution in [0.1, 0.15) is 45.1 Å². The van der Waals surface area contributed by atoms with Crippen LogP contribution in [0.15, 0.2) is 36.4 Å². The van der Waals surface area contributed by atoms with Crippen LogP contribution in [0.25, 0.3) is 28.0 Å². The third-order valence-electron chi connectivity index (χ3n) is 8.01. The number of anilines is 1. The lowest BCUT2D eigenvalue weighted by atomic mass is 9.83. The van der Waals surface area contributed by atoms with Gasteiger partial charge in [-0.15, -0.1) is 0 Å². The molecule has 0 unspecified atom stereocenters. The van der Waals surface area contributed by atoms with Crippen LogP contribution in [0.2, 0.25) is 0 Å². The van der Waals surface area contributed by atoms with Crippen LogP contribution in [0.5, 0.6) is 0 Å². The van der Waals surface area contributed by atoms with Gasteiger partial charge in [0.1, 0.15) is 11.6 Å². The molecule has 2 aliphatic rings. The van der Waals surface area contributed by atoms with Gasteiger partial charge in [0.2, 0.25) is 5.95 Å². The number of aryl methyl sites for hydroxylation is 1. The third kappa shape index (κ3) is 4.86. The Kier molecular flexibility index (Phi) is 6.75. The molecule has 6 rings (SSSR count). The van der Waals surface area contributed by atoms with Crippen molar-refractivity contribution in [1.29, 1.82) is 0 Å². The van der Waals surface area contributed by atoms with Crippen molar-refractivity contribution < 1.29 is 9.84 Å². The van der Waals surface area contributed by atoms with Crippen molar-refractivity contribution in [2.45, 2.75) is 52.2 Å². The molecule has 0 aliphatic carbocycles. The van der Waals surface area contributed by atoms with E-state index in [-0.39, 0.29) is 0 Å². The molecule has 2 saturated heterocycles. The van der Waals surface area contributed by atoms with Gasteiger partial charge >= 0.3 is 0 Å². The summed E-state index contributed by atoms with van der Waals surface area (Å²) < 4.78 is 7.70. The zero-order valence-corrected chi connectivity index (χ0v) is 22.6. The number of pyridine rings is 1. The average Bonchev–Trinajstić information content (AvgIpc) is 3.31. The number of aliphatic hydroxyl groups is 1. The predicted octanol–water partition coefficient (Wildman–Crippen LogP) is 3.75. The molecule has 2 fully saturated rings. The molecule has 2 aliphatic heterocycles. The maximum Gasteiger partial charge on any atom is 0.239 e. The first-order valence-electron chi connectivity index (χ1n) is 13.8. The number of rotatable bonds is 6. The second-order valence-electron chi connectivity index (χ2n) is 11.0. The molecular formula is C29H37N7O2. The van der Waals surface area contributed by atoms with Gasteiger partial charge in [0.05, 0.1) is 40.9 Å². The molecule has 9 heteroatoms. The summed E-state index contributed by atoms with van der Waals surface area (Å²) in [7, 11) is 0. The van der Waals surface area contributed by atoms with E-state index in [0.29, 0.717) is 30.7 Å². The number of morpholine rings is 1. The number of imidazole rings is 1. The first-order chi connectivity index (χ1) is 18.4. The van der Waals surface area contributed by atoms with Crippen LogP contribution in [0, 0.1) is 5.92 Å². The number of para-hydroxylation sites is 2. The fourth-order valence-corrected chi connectivity index (χ4v) is 5.79. The van der Waals surface area contributed by atoms with Crippen LogP contribution in [0.4, 0.5) is 5.82 Å². The van der Waals surface area contributed by atoms with E-state index in [1.54, 1.807) is 0 Å². The number of nitrogens with zero attached hydrogens (tertiary/aromatic N) is 7. The van der Waals surface area contributed by atoms with E-state index in [1.807, 2.05) is 32.0 Å². The van der Waals surface area contributed by atoms with Gasteiger partial charge in [0.25, 0.3) is 0 Å². The summed E-state index contributed by atoms with van der Waals surface area (Å²) in [5.74, 6) is 2.79. The van der Waals surface area contributed by atoms with E-state index < -0.39 is 5.60 Å². The highest BCUT2D eigenvalue weighted by Crippen LogP contribution is 2.30. The van der Waals surface area contributed by atoms with E-state index in [4.69, 9.17) is 24.7 Å². The number of piperidine rings is 1. The molecule has 3 aromatic heterocycles. The molecule has 9 nitrogen and oxygen atoms in total. The van der Waals surface area contributed by atoms with E-state index in [2.05, 4.69) is 39.5 Å². The van der Waals surface area contributed by atoms with E-state index in [0.717, 1.165) is 85.7 Å². The van der Waals surface area contributed by atoms with Gasteiger partial charge in [-0.2, -0.15) is 9.97 Å². The summed E-state index contributed by atoms with van der Waals surface area (Å²) in [6, 6.07) is 12.4. The SMILES string of the molecule is CCc1nc2ccccc2n1-c1nc(N2CCOCC2)c2ccc(CN3CCC(C(C)(C)O)CC3)nc2n1. The van der Waals surface area contributed by atoms with Crippen LogP contribution in [0.3, 0.4) is 0 Å². The summed E-state index contributed by atoms with van der Waals surface area (Å²) in [5.41, 5.74) is 3.04. The van der Waals surface area contributed by atoms with Gasteiger partial charge in [-0.25, -0.2) is 9.97 Å².